The first-order chi connectivity index (χ1) is 13.1. The van der Waals surface area contributed by atoms with Crippen LogP contribution in [0.5, 0.6) is 5.88 Å². The zero-order valence-electron chi connectivity index (χ0n) is 15.3. The summed E-state index contributed by atoms with van der Waals surface area (Å²) in [5, 5.41) is 5.78. The van der Waals surface area contributed by atoms with Crippen molar-refractivity contribution in [1.82, 2.24) is 15.6 Å². The highest BCUT2D eigenvalue weighted by atomic mass is 19.1. The molecule has 0 radical (unpaired) electrons. The van der Waals surface area contributed by atoms with Gasteiger partial charge in [0.05, 0.1) is 7.11 Å². The molecule has 27 heavy (non-hydrogen) atoms. The van der Waals surface area contributed by atoms with Crippen LogP contribution in [0.4, 0.5) is 9.18 Å². The summed E-state index contributed by atoms with van der Waals surface area (Å²) >= 11 is 0. The van der Waals surface area contributed by atoms with Crippen molar-refractivity contribution in [2.45, 2.75) is 24.8 Å². The molecule has 1 aromatic heterocycles. The maximum Gasteiger partial charge on any atom is 0.315 e. The number of hydrogen-bond donors (Lipinski definition) is 2. The van der Waals surface area contributed by atoms with Gasteiger partial charge in [-0.3, -0.25) is 0 Å². The van der Waals surface area contributed by atoms with E-state index in [4.69, 9.17) is 9.47 Å². The first-order valence-electron chi connectivity index (χ1n) is 8.96. The van der Waals surface area contributed by atoms with Crippen LogP contribution in [0.1, 0.15) is 24.0 Å². The molecule has 144 valence electrons. The Morgan fingerprint density at radius 3 is 2.67 bits per heavy atom. The highest BCUT2D eigenvalue weighted by Gasteiger charge is 2.34. The average molecular weight is 373 g/mol. The van der Waals surface area contributed by atoms with E-state index in [1.165, 1.54) is 12.1 Å². The van der Waals surface area contributed by atoms with E-state index in [-0.39, 0.29) is 17.3 Å². The molecule has 2 aromatic rings. The van der Waals surface area contributed by atoms with Gasteiger partial charge in [-0.15, -0.1) is 0 Å². The third kappa shape index (κ3) is 4.74. The van der Waals surface area contributed by atoms with Crippen LogP contribution >= 0.6 is 0 Å². The van der Waals surface area contributed by atoms with Gasteiger partial charge < -0.3 is 20.1 Å². The minimum atomic E-state index is -0.270. The van der Waals surface area contributed by atoms with Crippen LogP contribution in [-0.2, 0) is 16.7 Å². The summed E-state index contributed by atoms with van der Waals surface area (Å²) < 4.78 is 24.0. The lowest BCUT2D eigenvalue weighted by Crippen LogP contribution is -2.47. The smallest absolute Gasteiger partial charge is 0.315 e. The lowest BCUT2D eigenvalue weighted by atomic mass is 9.74. The van der Waals surface area contributed by atoms with E-state index in [0.29, 0.717) is 32.2 Å². The van der Waals surface area contributed by atoms with Gasteiger partial charge in [0.25, 0.3) is 0 Å². The van der Waals surface area contributed by atoms with Gasteiger partial charge in [0, 0.05) is 43.5 Å². The second kappa shape index (κ2) is 8.81. The number of benzene rings is 1. The fourth-order valence-electron chi connectivity index (χ4n) is 3.36. The number of amides is 2. The fraction of sp³-hybridized carbons (Fsp3) is 0.400. The molecule has 2 amide bonds. The maximum atomic E-state index is 13.3. The number of ether oxygens (including phenoxy) is 2. The van der Waals surface area contributed by atoms with Gasteiger partial charge in [-0.25, -0.2) is 14.2 Å². The first kappa shape index (κ1) is 19.1. The molecule has 2 N–H and O–H groups in total. The molecular formula is C20H24FN3O3. The molecule has 1 aliphatic heterocycles. The van der Waals surface area contributed by atoms with Gasteiger partial charge in [0.15, 0.2) is 0 Å². The van der Waals surface area contributed by atoms with E-state index in [9.17, 15) is 9.18 Å². The molecule has 0 atom stereocenters. The Morgan fingerprint density at radius 1 is 1.22 bits per heavy atom. The summed E-state index contributed by atoms with van der Waals surface area (Å²) in [6.07, 6.45) is 3.19. The second-order valence-electron chi connectivity index (χ2n) is 6.61. The van der Waals surface area contributed by atoms with E-state index >= 15 is 0 Å². The summed E-state index contributed by atoms with van der Waals surface area (Å²) in [5.41, 5.74) is 1.56. The van der Waals surface area contributed by atoms with E-state index in [1.807, 2.05) is 6.07 Å². The third-order valence-electron chi connectivity index (χ3n) is 4.98. The maximum absolute atomic E-state index is 13.3. The lowest BCUT2D eigenvalue weighted by Gasteiger charge is -2.38. The number of nitrogens with one attached hydrogen (secondary N) is 2. The van der Waals surface area contributed by atoms with Gasteiger partial charge >= 0.3 is 6.03 Å². The zero-order chi connectivity index (χ0) is 19.1. The molecule has 0 unspecified atom stereocenters. The van der Waals surface area contributed by atoms with Crippen molar-refractivity contribution in [1.29, 1.82) is 0 Å². The molecule has 3 rings (SSSR count). The summed E-state index contributed by atoms with van der Waals surface area (Å²) in [4.78, 5) is 16.4. The number of methoxy groups -OCH3 is 1. The van der Waals surface area contributed by atoms with Crippen LogP contribution in [0.15, 0.2) is 42.6 Å². The lowest BCUT2D eigenvalue weighted by molar-refractivity contribution is 0.0506. The van der Waals surface area contributed by atoms with Crippen LogP contribution in [0.3, 0.4) is 0 Å². The largest absolute Gasteiger partial charge is 0.481 e. The predicted octanol–water partition coefficient (Wildman–Crippen LogP) is 2.78. The normalized spacial score (nSPS) is 15.8. The molecule has 1 aliphatic rings. The van der Waals surface area contributed by atoms with Gasteiger partial charge in [0.1, 0.15) is 5.82 Å². The molecule has 7 heteroatoms. The quantitative estimate of drug-likeness (QED) is 0.817. The molecule has 0 bridgehead atoms. The van der Waals surface area contributed by atoms with Gasteiger partial charge in [-0.1, -0.05) is 18.2 Å². The second-order valence-corrected chi connectivity index (χ2v) is 6.61. The summed E-state index contributed by atoms with van der Waals surface area (Å²) in [5.74, 6) is 0.224. The molecule has 0 saturated carbocycles. The minimum Gasteiger partial charge on any atom is -0.481 e. The Kier molecular flexibility index (Phi) is 6.24. The highest BCUT2D eigenvalue weighted by molar-refractivity contribution is 5.74. The molecule has 1 fully saturated rings. The number of pyridine rings is 1. The number of nitrogens with zero attached hydrogens (tertiary/aromatic N) is 1. The number of halogens is 1. The predicted molar refractivity (Wildman–Crippen MR) is 99.2 cm³/mol. The van der Waals surface area contributed by atoms with Crippen molar-refractivity contribution < 1.29 is 18.7 Å². The number of carbonyl (C=O) groups is 1. The van der Waals surface area contributed by atoms with Crippen LogP contribution < -0.4 is 15.4 Å². The monoisotopic (exact) mass is 373 g/mol. The molecule has 1 saturated heterocycles. The fourth-order valence-corrected chi connectivity index (χ4v) is 3.36. The first-order valence-corrected chi connectivity index (χ1v) is 8.96. The van der Waals surface area contributed by atoms with E-state index < -0.39 is 0 Å². The van der Waals surface area contributed by atoms with Crippen LogP contribution in [0, 0.1) is 5.82 Å². The number of hydrogen-bond acceptors (Lipinski definition) is 4. The average Bonchev–Trinajstić information content (AvgIpc) is 2.72. The van der Waals surface area contributed by atoms with Crippen LogP contribution in [0.25, 0.3) is 0 Å². The molecule has 6 nitrogen and oxygen atoms in total. The Hall–Kier alpha value is -2.67. The van der Waals surface area contributed by atoms with Crippen molar-refractivity contribution >= 4 is 6.03 Å². The number of rotatable bonds is 6. The van der Waals surface area contributed by atoms with Gasteiger partial charge in [-0.2, -0.15) is 0 Å². The molecule has 0 aliphatic carbocycles. The standard InChI is InChI=1S/C20H24FN3O3/c1-26-18-15(3-2-10-22-18)13-23-19(25)24-14-20(8-11-27-12-9-20)16-4-6-17(21)7-5-16/h2-7,10H,8-9,11-14H2,1H3,(H2,23,24,25). The van der Waals surface area contributed by atoms with Crippen molar-refractivity contribution in [3.05, 3.63) is 59.5 Å². The van der Waals surface area contributed by atoms with Crippen molar-refractivity contribution in [3.8, 4) is 5.88 Å². The minimum absolute atomic E-state index is 0.255. The molecule has 0 spiro atoms. The van der Waals surface area contributed by atoms with E-state index in [1.54, 1.807) is 31.5 Å². The Labute approximate surface area is 158 Å². The van der Waals surface area contributed by atoms with Gasteiger partial charge in [0.2, 0.25) is 5.88 Å². The van der Waals surface area contributed by atoms with Crippen LogP contribution in [-0.4, -0.2) is 37.9 Å². The third-order valence-corrected chi connectivity index (χ3v) is 4.98. The van der Waals surface area contributed by atoms with Crippen molar-refractivity contribution in [3.63, 3.8) is 0 Å². The number of aromatic nitrogens is 1. The summed E-state index contributed by atoms with van der Waals surface area (Å²) in [7, 11) is 1.55. The molecule has 2 heterocycles. The van der Waals surface area contributed by atoms with Gasteiger partial charge in [-0.05, 0) is 36.6 Å². The summed E-state index contributed by atoms with van der Waals surface area (Å²) in [6, 6.07) is 9.88. The van der Waals surface area contributed by atoms with Crippen LogP contribution in [0.2, 0.25) is 0 Å². The SMILES string of the molecule is COc1ncccc1CNC(=O)NCC1(c2ccc(F)cc2)CCOCC1. The van der Waals surface area contributed by atoms with E-state index in [2.05, 4.69) is 15.6 Å². The molecule has 1 aromatic carbocycles. The zero-order valence-corrected chi connectivity index (χ0v) is 15.3. The number of carbonyl (C=O) groups excluding carboxylic acids is 1. The van der Waals surface area contributed by atoms with Crippen molar-refractivity contribution in [2.75, 3.05) is 26.9 Å². The number of urea groups is 1. The topological polar surface area (TPSA) is 72.5 Å². The highest BCUT2D eigenvalue weighted by Crippen LogP contribution is 2.34. The van der Waals surface area contributed by atoms with E-state index in [0.717, 1.165) is 24.0 Å². The van der Waals surface area contributed by atoms with Crippen molar-refractivity contribution in [2.24, 2.45) is 0 Å². The molecular weight excluding hydrogens is 349 g/mol. The Morgan fingerprint density at radius 2 is 1.96 bits per heavy atom. The Bertz CT molecular complexity index is 761. The Balaban J connectivity index is 1.61. The summed E-state index contributed by atoms with van der Waals surface area (Å²) in [6.45, 7) is 2.01.